The van der Waals surface area contributed by atoms with E-state index in [0.717, 1.165) is 6.20 Å². The van der Waals surface area contributed by atoms with Crippen LogP contribution in [-0.4, -0.2) is 48.7 Å². The second kappa shape index (κ2) is 10.9. The fraction of sp³-hybridized carbons (Fsp3) is 0.381. The summed E-state index contributed by atoms with van der Waals surface area (Å²) in [6.07, 6.45) is -6.78. The van der Waals surface area contributed by atoms with Crippen LogP contribution in [0.1, 0.15) is 23.2 Å². The van der Waals surface area contributed by atoms with Gasteiger partial charge < -0.3 is 14.9 Å². The fourth-order valence-corrected chi connectivity index (χ4v) is 3.14. The number of hydrogen-bond acceptors (Lipinski definition) is 5. The van der Waals surface area contributed by atoms with Gasteiger partial charge in [-0.25, -0.2) is 4.98 Å². The molecule has 0 spiro atoms. The first-order valence-electron chi connectivity index (χ1n) is 10.0. The first-order valence-corrected chi connectivity index (χ1v) is 10.8. The minimum Gasteiger partial charge on any atom is -0.468 e. The number of rotatable bonds is 9. The van der Waals surface area contributed by atoms with E-state index in [4.69, 9.17) is 27.9 Å². The van der Waals surface area contributed by atoms with Crippen molar-refractivity contribution in [2.45, 2.75) is 25.2 Å². The molecule has 1 aliphatic carbocycles. The number of alkyl halides is 6. The second-order valence-electron chi connectivity index (χ2n) is 7.54. The van der Waals surface area contributed by atoms with Gasteiger partial charge >= 0.3 is 12.4 Å². The van der Waals surface area contributed by atoms with Gasteiger partial charge in [0.15, 0.2) is 6.61 Å². The van der Waals surface area contributed by atoms with Crippen molar-refractivity contribution < 1.29 is 40.7 Å². The second-order valence-corrected chi connectivity index (χ2v) is 8.35. The minimum absolute atomic E-state index is 0.0446. The van der Waals surface area contributed by atoms with Gasteiger partial charge in [0.25, 0.3) is 5.91 Å². The van der Waals surface area contributed by atoms with Gasteiger partial charge in [-0.1, -0.05) is 34.4 Å². The molecule has 1 fully saturated rings. The number of aromatic nitrogens is 1. The molecule has 35 heavy (non-hydrogen) atoms. The number of ether oxygens (including phenoxy) is 1. The molecule has 1 amide bonds. The molecule has 190 valence electrons. The Morgan fingerprint density at radius 1 is 1.06 bits per heavy atom. The topological polar surface area (TPSA) is 72.8 Å². The summed E-state index contributed by atoms with van der Waals surface area (Å²) in [5, 5.41) is 6.32. The van der Waals surface area contributed by atoms with Gasteiger partial charge in [-0.05, 0) is 36.6 Å². The van der Waals surface area contributed by atoms with Gasteiger partial charge in [0, 0.05) is 17.7 Å². The molecule has 1 saturated carbocycles. The molecule has 1 heterocycles. The van der Waals surface area contributed by atoms with E-state index in [1.807, 2.05) is 0 Å². The van der Waals surface area contributed by atoms with Gasteiger partial charge in [0.2, 0.25) is 12.5 Å². The van der Waals surface area contributed by atoms with Gasteiger partial charge in [0.05, 0.1) is 27.9 Å². The van der Waals surface area contributed by atoms with Gasteiger partial charge in [-0.3, -0.25) is 4.79 Å². The van der Waals surface area contributed by atoms with E-state index in [9.17, 15) is 31.1 Å². The average Bonchev–Trinajstić information content (AvgIpc) is 3.60. The number of oxime groups is 1. The van der Waals surface area contributed by atoms with Crippen LogP contribution >= 0.6 is 23.2 Å². The predicted octanol–water partition coefficient (Wildman–Crippen LogP) is 6.07. The van der Waals surface area contributed by atoms with Crippen LogP contribution in [0.2, 0.25) is 10.0 Å². The summed E-state index contributed by atoms with van der Waals surface area (Å²) in [5.74, 6) is -1.19. The highest BCUT2D eigenvalue weighted by atomic mass is 35.5. The molecule has 3 rings (SSSR count). The zero-order chi connectivity index (χ0) is 25.8. The molecule has 1 N–H and O–H groups in total. The van der Waals surface area contributed by atoms with Gasteiger partial charge in [0.1, 0.15) is 0 Å². The van der Waals surface area contributed by atoms with Crippen molar-refractivity contribution in [1.29, 1.82) is 0 Å². The molecule has 1 aromatic heterocycles. The Bertz CT molecular complexity index is 1100. The number of hydrogen-bond donors (Lipinski definition) is 1. The van der Waals surface area contributed by atoms with Crippen LogP contribution in [0.3, 0.4) is 0 Å². The van der Waals surface area contributed by atoms with Crippen LogP contribution in [0.5, 0.6) is 5.88 Å². The Kier molecular flexibility index (Phi) is 8.37. The van der Waals surface area contributed by atoms with E-state index < -0.39 is 37.4 Å². The first kappa shape index (κ1) is 26.9. The average molecular weight is 544 g/mol. The molecule has 0 bridgehead atoms. The third kappa shape index (κ3) is 8.46. The summed E-state index contributed by atoms with van der Waals surface area (Å²) in [5.41, 5.74) is 0.534. The molecule has 14 heteroatoms. The maximum Gasteiger partial charge on any atom is 0.425 e. The maximum absolute atomic E-state index is 12.7. The molecule has 1 aliphatic rings. The van der Waals surface area contributed by atoms with E-state index in [1.54, 1.807) is 0 Å². The standard InChI is InChI=1S/C21H17Cl2F6N3O3/c22-15-4-3-12(6-16(15)23)14-5-13(7-31-19(14)34-9-20(24,25)26)18(33)30-8-17(11-1-2-11)32-35-10-21(27,28)29/h3-7,11H,1-2,8-10H2,(H,30,33)/b32-17-. The Hall–Kier alpha value is -2.73. The van der Waals surface area contributed by atoms with Gasteiger partial charge in [-0.15, -0.1) is 0 Å². The number of nitrogens with zero attached hydrogens (tertiary/aromatic N) is 2. The number of pyridine rings is 1. The molecular weight excluding hydrogens is 527 g/mol. The SMILES string of the molecule is O=C(NC/C(=N/OCC(F)(F)F)C1CC1)c1cnc(OCC(F)(F)F)c(-c2ccc(Cl)c(Cl)c2)c1. The van der Waals surface area contributed by atoms with E-state index in [2.05, 4.69) is 20.3 Å². The summed E-state index contributed by atoms with van der Waals surface area (Å²) < 4.78 is 79.6. The van der Waals surface area contributed by atoms with Crippen molar-refractivity contribution in [3.05, 3.63) is 46.1 Å². The van der Waals surface area contributed by atoms with Crippen molar-refractivity contribution in [1.82, 2.24) is 10.3 Å². The Balaban J connectivity index is 1.79. The lowest BCUT2D eigenvalue weighted by molar-refractivity contribution is -0.173. The van der Waals surface area contributed by atoms with E-state index in [-0.39, 0.29) is 39.3 Å². The summed E-state index contributed by atoms with van der Waals surface area (Å²) in [4.78, 5) is 20.8. The summed E-state index contributed by atoms with van der Waals surface area (Å²) in [6, 6.07) is 5.50. The quantitative estimate of drug-likeness (QED) is 0.236. The number of halogens is 8. The number of benzene rings is 1. The number of carbonyl (C=O) groups excluding carboxylic acids is 1. The molecule has 0 saturated heterocycles. The number of carbonyl (C=O) groups is 1. The van der Waals surface area contributed by atoms with Gasteiger partial charge in [-0.2, -0.15) is 26.3 Å². The minimum atomic E-state index is -4.63. The third-order valence-corrected chi connectivity index (χ3v) is 5.34. The Morgan fingerprint density at radius 3 is 2.34 bits per heavy atom. The summed E-state index contributed by atoms with van der Waals surface area (Å²) in [6.45, 7) is -3.36. The molecular formula is C21H17Cl2F6N3O3. The highest BCUT2D eigenvalue weighted by Crippen LogP contribution is 2.34. The largest absolute Gasteiger partial charge is 0.468 e. The molecule has 1 aromatic carbocycles. The molecule has 0 radical (unpaired) electrons. The molecule has 0 atom stereocenters. The molecule has 0 unspecified atom stereocenters. The van der Waals surface area contributed by atoms with E-state index in [1.165, 1.54) is 24.3 Å². The Morgan fingerprint density at radius 2 is 1.74 bits per heavy atom. The third-order valence-electron chi connectivity index (χ3n) is 4.61. The van der Waals surface area contributed by atoms with Crippen molar-refractivity contribution in [2.24, 2.45) is 11.1 Å². The summed E-state index contributed by atoms with van der Waals surface area (Å²) in [7, 11) is 0. The lowest BCUT2D eigenvalue weighted by Crippen LogP contribution is -2.31. The molecule has 2 aromatic rings. The number of nitrogens with one attached hydrogen (secondary N) is 1. The lowest BCUT2D eigenvalue weighted by Gasteiger charge is -2.14. The van der Waals surface area contributed by atoms with Crippen LogP contribution in [0.25, 0.3) is 11.1 Å². The highest BCUT2D eigenvalue weighted by molar-refractivity contribution is 6.42. The van der Waals surface area contributed by atoms with Crippen molar-refractivity contribution >= 4 is 34.8 Å². The van der Waals surface area contributed by atoms with Crippen LogP contribution in [0, 0.1) is 5.92 Å². The monoisotopic (exact) mass is 543 g/mol. The van der Waals surface area contributed by atoms with Crippen LogP contribution in [0.15, 0.2) is 35.6 Å². The molecule has 6 nitrogen and oxygen atoms in total. The fourth-order valence-electron chi connectivity index (χ4n) is 2.84. The summed E-state index contributed by atoms with van der Waals surface area (Å²) >= 11 is 11.9. The maximum atomic E-state index is 12.7. The van der Waals surface area contributed by atoms with Crippen LogP contribution in [0.4, 0.5) is 26.3 Å². The van der Waals surface area contributed by atoms with E-state index in [0.29, 0.717) is 18.4 Å². The smallest absolute Gasteiger partial charge is 0.425 e. The lowest BCUT2D eigenvalue weighted by atomic mass is 10.0. The van der Waals surface area contributed by atoms with Crippen molar-refractivity contribution in [3.8, 4) is 17.0 Å². The number of amides is 1. The molecule has 0 aliphatic heterocycles. The van der Waals surface area contributed by atoms with Crippen LogP contribution in [-0.2, 0) is 4.84 Å². The highest BCUT2D eigenvalue weighted by Gasteiger charge is 2.32. The zero-order valence-electron chi connectivity index (χ0n) is 17.6. The van der Waals surface area contributed by atoms with Crippen LogP contribution < -0.4 is 10.1 Å². The van der Waals surface area contributed by atoms with Crippen molar-refractivity contribution in [3.63, 3.8) is 0 Å². The normalized spacial score (nSPS) is 14.6. The predicted molar refractivity (Wildman–Crippen MR) is 116 cm³/mol. The van der Waals surface area contributed by atoms with E-state index >= 15 is 0 Å². The zero-order valence-corrected chi connectivity index (χ0v) is 19.2. The van der Waals surface area contributed by atoms with Crippen molar-refractivity contribution in [2.75, 3.05) is 19.8 Å². The Labute approximate surface area is 205 Å². The first-order chi connectivity index (χ1) is 16.3.